The average molecular weight is 326 g/mol. The third kappa shape index (κ3) is 3.75. The van der Waals surface area contributed by atoms with Gasteiger partial charge in [0.1, 0.15) is 16.6 Å². The van der Waals surface area contributed by atoms with E-state index in [4.69, 9.17) is 10.5 Å². The summed E-state index contributed by atoms with van der Waals surface area (Å²) < 4.78 is 31.7. The minimum atomic E-state index is -3.49. The Kier molecular flexibility index (Phi) is 4.87. The molecule has 2 aromatic rings. The van der Waals surface area contributed by atoms with E-state index < -0.39 is 10.0 Å². The Hall–Kier alpha value is -1.57. The lowest BCUT2D eigenvalue weighted by molar-refractivity contribution is 0.285. The van der Waals surface area contributed by atoms with E-state index >= 15 is 0 Å². The second-order valence-electron chi connectivity index (χ2n) is 4.64. The van der Waals surface area contributed by atoms with Gasteiger partial charge in [0.2, 0.25) is 0 Å². The van der Waals surface area contributed by atoms with E-state index in [1.165, 1.54) is 17.4 Å². The van der Waals surface area contributed by atoms with E-state index in [1.54, 1.807) is 5.38 Å². The molecule has 2 N–H and O–H groups in total. The lowest BCUT2D eigenvalue weighted by Gasteiger charge is -2.16. The van der Waals surface area contributed by atoms with E-state index in [0.29, 0.717) is 12.3 Å². The maximum atomic E-state index is 12.3. The van der Waals surface area contributed by atoms with Crippen molar-refractivity contribution in [1.29, 1.82) is 0 Å². The van der Waals surface area contributed by atoms with Gasteiger partial charge in [0.15, 0.2) is 0 Å². The van der Waals surface area contributed by atoms with Gasteiger partial charge in [0.25, 0.3) is 10.0 Å². The Balaban J connectivity index is 1.96. The maximum absolute atomic E-state index is 12.3. The van der Waals surface area contributed by atoms with Crippen molar-refractivity contribution in [2.75, 3.05) is 25.9 Å². The quantitative estimate of drug-likeness (QED) is 0.884. The van der Waals surface area contributed by atoms with Crippen LogP contribution in [0.3, 0.4) is 0 Å². The summed E-state index contributed by atoms with van der Waals surface area (Å²) in [6, 6.07) is 9.10. The Morgan fingerprint density at radius 3 is 2.67 bits per heavy atom. The molecule has 0 fully saturated rings. The lowest BCUT2D eigenvalue weighted by Crippen LogP contribution is -2.30. The maximum Gasteiger partial charge on any atom is 0.252 e. The van der Waals surface area contributed by atoms with Crippen LogP contribution in [0.5, 0.6) is 5.75 Å². The first-order chi connectivity index (χ1) is 9.91. The molecule has 21 heavy (non-hydrogen) atoms. The van der Waals surface area contributed by atoms with Gasteiger partial charge in [0.05, 0.1) is 0 Å². The molecule has 0 saturated heterocycles. The summed E-state index contributed by atoms with van der Waals surface area (Å²) in [4.78, 5) is 0. The summed E-state index contributed by atoms with van der Waals surface area (Å²) in [7, 11) is -1.96. The van der Waals surface area contributed by atoms with Gasteiger partial charge in [-0.05, 0) is 24.6 Å². The predicted molar refractivity (Wildman–Crippen MR) is 85.2 cm³/mol. The summed E-state index contributed by atoms with van der Waals surface area (Å²) >= 11 is 1.12. The average Bonchev–Trinajstić information content (AvgIpc) is 2.88. The Morgan fingerprint density at radius 1 is 1.33 bits per heavy atom. The van der Waals surface area contributed by atoms with Gasteiger partial charge in [-0.1, -0.05) is 18.2 Å². The number of rotatable bonds is 6. The van der Waals surface area contributed by atoms with Crippen molar-refractivity contribution in [2.24, 2.45) is 0 Å². The summed E-state index contributed by atoms with van der Waals surface area (Å²) in [6.07, 6.45) is 0. The van der Waals surface area contributed by atoms with Gasteiger partial charge in [-0.25, -0.2) is 8.42 Å². The van der Waals surface area contributed by atoms with Crippen molar-refractivity contribution >= 4 is 27.0 Å². The number of thiophene rings is 1. The second kappa shape index (κ2) is 6.46. The smallest absolute Gasteiger partial charge is 0.252 e. The number of nitrogen functional groups attached to an aromatic ring is 1. The highest BCUT2D eigenvalue weighted by molar-refractivity contribution is 7.91. The predicted octanol–water partition coefficient (Wildman–Crippen LogP) is 2.34. The molecule has 0 spiro atoms. The molecular formula is C14H18N2O3S2. The standard InChI is InChI=1S/C14H18N2O3S2/c1-11-5-3-4-6-13(11)19-8-7-16(2)21(17,18)14-9-12(15)10-20-14/h3-6,9-10H,7-8,15H2,1-2H3. The zero-order chi connectivity index (χ0) is 15.5. The fourth-order valence-electron chi connectivity index (χ4n) is 1.74. The number of hydrogen-bond donors (Lipinski definition) is 1. The molecular weight excluding hydrogens is 308 g/mol. The number of nitrogens with two attached hydrogens (primary N) is 1. The third-order valence-corrected chi connectivity index (χ3v) is 6.31. The van der Waals surface area contributed by atoms with E-state index in [9.17, 15) is 8.42 Å². The van der Waals surface area contributed by atoms with Crippen LogP contribution in [0.25, 0.3) is 0 Å². The molecule has 1 aromatic carbocycles. The molecule has 0 radical (unpaired) electrons. The molecule has 0 aliphatic rings. The minimum Gasteiger partial charge on any atom is -0.492 e. The first-order valence-electron chi connectivity index (χ1n) is 6.40. The van der Waals surface area contributed by atoms with Crippen LogP contribution >= 0.6 is 11.3 Å². The molecule has 5 nitrogen and oxygen atoms in total. The van der Waals surface area contributed by atoms with Gasteiger partial charge in [-0.3, -0.25) is 0 Å². The van der Waals surface area contributed by atoms with E-state index in [0.717, 1.165) is 22.6 Å². The molecule has 7 heteroatoms. The SMILES string of the molecule is Cc1ccccc1OCCN(C)S(=O)(=O)c1cc(N)cs1. The first-order valence-corrected chi connectivity index (χ1v) is 8.72. The zero-order valence-corrected chi connectivity index (χ0v) is 13.6. The Bertz CT molecular complexity index is 711. The molecule has 2 rings (SSSR count). The van der Waals surface area contributed by atoms with Crippen LogP contribution in [0, 0.1) is 6.92 Å². The Morgan fingerprint density at radius 2 is 2.05 bits per heavy atom. The second-order valence-corrected chi connectivity index (χ2v) is 7.82. The number of likely N-dealkylation sites (N-methyl/N-ethyl adjacent to an activating group) is 1. The molecule has 0 unspecified atom stereocenters. The van der Waals surface area contributed by atoms with E-state index in [-0.39, 0.29) is 10.8 Å². The minimum absolute atomic E-state index is 0.249. The number of nitrogens with zero attached hydrogens (tertiary/aromatic N) is 1. The third-order valence-electron chi connectivity index (χ3n) is 3.02. The monoisotopic (exact) mass is 326 g/mol. The van der Waals surface area contributed by atoms with Crippen LogP contribution in [-0.2, 0) is 10.0 Å². The molecule has 114 valence electrons. The van der Waals surface area contributed by atoms with Gasteiger partial charge in [-0.15, -0.1) is 11.3 Å². The van der Waals surface area contributed by atoms with Crippen LogP contribution in [0.15, 0.2) is 39.9 Å². The first kappa shape index (κ1) is 15.8. The molecule has 0 amide bonds. The van der Waals surface area contributed by atoms with Gasteiger partial charge in [0, 0.05) is 24.7 Å². The molecule has 0 bridgehead atoms. The van der Waals surface area contributed by atoms with Crippen molar-refractivity contribution in [3.63, 3.8) is 0 Å². The van der Waals surface area contributed by atoms with Crippen LogP contribution in [-0.4, -0.2) is 32.9 Å². The highest BCUT2D eigenvalue weighted by Crippen LogP contribution is 2.24. The van der Waals surface area contributed by atoms with Crippen LogP contribution in [0.2, 0.25) is 0 Å². The summed E-state index contributed by atoms with van der Waals surface area (Å²) in [5.41, 5.74) is 7.05. The van der Waals surface area contributed by atoms with Crippen molar-refractivity contribution in [3.05, 3.63) is 41.3 Å². The van der Waals surface area contributed by atoms with Crippen LogP contribution < -0.4 is 10.5 Å². The number of benzene rings is 1. The van der Waals surface area contributed by atoms with Crippen molar-refractivity contribution in [2.45, 2.75) is 11.1 Å². The van der Waals surface area contributed by atoms with Crippen molar-refractivity contribution < 1.29 is 13.2 Å². The van der Waals surface area contributed by atoms with Crippen molar-refractivity contribution in [1.82, 2.24) is 4.31 Å². The molecule has 1 aromatic heterocycles. The van der Waals surface area contributed by atoms with Crippen LogP contribution in [0.1, 0.15) is 5.56 Å². The normalized spacial score (nSPS) is 11.8. The topological polar surface area (TPSA) is 72.6 Å². The Labute approximate surface area is 129 Å². The molecule has 0 aliphatic heterocycles. The molecule has 1 heterocycles. The van der Waals surface area contributed by atoms with Gasteiger partial charge in [-0.2, -0.15) is 4.31 Å². The van der Waals surface area contributed by atoms with Gasteiger partial charge < -0.3 is 10.5 Å². The fraction of sp³-hybridized carbons (Fsp3) is 0.286. The lowest BCUT2D eigenvalue weighted by atomic mass is 10.2. The molecule has 0 atom stereocenters. The van der Waals surface area contributed by atoms with Crippen molar-refractivity contribution in [3.8, 4) is 5.75 Å². The zero-order valence-electron chi connectivity index (χ0n) is 11.9. The highest BCUT2D eigenvalue weighted by Gasteiger charge is 2.22. The highest BCUT2D eigenvalue weighted by atomic mass is 32.2. The number of hydrogen-bond acceptors (Lipinski definition) is 5. The molecule has 0 saturated carbocycles. The number of para-hydroxylation sites is 1. The number of anilines is 1. The van der Waals surface area contributed by atoms with E-state index in [1.807, 2.05) is 31.2 Å². The summed E-state index contributed by atoms with van der Waals surface area (Å²) in [5.74, 6) is 0.767. The largest absolute Gasteiger partial charge is 0.492 e. The fourth-order valence-corrected chi connectivity index (χ4v) is 4.19. The molecule has 0 aliphatic carbocycles. The number of ether oxygens (including phenoxy) is 1. The van der Waals surface area contributed by atoms with E-state index in [2.05, 4.69) is 0 Å². The summed E-state index contributed by atoms with van der Waals surface area (Å²) in [5, 5.41) is 1.62. The van der Waals surface area contributed by atoms with Crippen LogP contribution in [0.4, 0.5) is 5.69 Å². The summed E-state index contributed by atoms with van der Waals surface area (Å²) in [6.45, 7) is 2.51. The van der Waals surface area contributed by atoms with Gasteiger partial charge >= 0.3 is 0 Å². The number of sulfonamides is 1. The number of aryl methyl sites for hydroxylation is 1.